The van der Waals surface area contributed by atoms with Crippen LogP contribution in [-0.4, -0.2) is 30.2 Å². The molecular weight excluding hydrogens is 184 g/mol. The largest absolute Gasteiger partial charge is 0.303 e. The fourth-order valence-corrected chi connectivity index (χ4v) is 2.07. The van der Waals surface area contributed by atoms with E-state index in [1.165, 1.54) is 19.3 Å². The summed E-state index contributed by atoms with van der Waals surface area (Å²) in [4.78, 5) is 2.39. The molecule has 1 fully saturated rings. The van der Waals surface area contributed by atoms with E-state index in [0.29, 0.717) is 0 Å². The number of hydrogen-bond donors (Lipinski definition) is 1. The Hall–Kier alpha value is -1.15. The predicted octanol–water partition coefficient (Wildman–Crippen LogP) is 2.54. The first-order chi connectivity index (χ1) is 7.36. The summed E-state index contributed by atoms with van der Waals surface area (Å²) in [6, 6.07) is 10.0. The van der Waals surface area contributed by atoms with Crippen LogP contribution in [0.4, 0.5) is 0 Å². The van der Waals surface area contributed by atoms with Crippen LogP contribution >= 0.6 is 0 Å². The Morgan fingerprint density at radius 1 is 1.07 bits per heavy atom. The summed E-state index contributed by atoms with van der Waals surface area (Å²) >= 11 is 0. The van der Waals surface area contributed by atoms with Gasteiger partial charge in [0.2, 0.25) is 0 Å². The van der Waals surface area contributed by atoms with E-state index in [0.717, 1.165) is 30.9 Å². The Balaban J connectivity index is 1.91. The summed E-state index contributed by atoms with van der Waals surface area (Å²) in [5.74, 6) is 0. The molecular formula is C13H18N2. The van der Waals surface area contributed by atoms with Crippen molar-refractivity contribution in [3.63, 3.8) is 0 Å². The van der Waals surface area contributed by atoms with Gasteiger partial charge in [0.1, 0.15) is 0 Å². The fraction of sp³-hybridized carbons (Fsp3) is 0.462. The second kappa shape index (κ2) is 5.08. The molecule has 15 heavy (non-hydrogen) atoms. The number of rotatable bonds is 3. The summed E-state index contributed by atoms with van der Waals surface area (Å²) in [5, 5.41) is 8.02. The summed E-state index contributed by atoms with van der Waals surface area (Å²) in [7, 11) is 0. The molecule has 0 spiro atoms. The van der Waals surface area contributed by atoms with Crippen molar-refractivity contribution in [2.45, 2.75) is 19.3 Å². The van der Waals surface area contributed by atoms with Crippen molar-refractivity contribution in [3.8, 4) is 0 Å². The first-order valence-electron chi connectivity index (χ1n) is 5.71. The van der Waals surface area contributed by atoms with Crippen molar-refractivity contribution in [3.05, 3.63) is 35.9 Å². The number of piperidine rings is 1. The molecule has 0 unspecified atom stereocenters. The van der Waals surface area contributed by atoms with E-state index in [4.69, 9.17) is 5.41 Å². The predicted molar refractivity (Wildman–Crippen MR) is 63.6 cm³/mol. The van der Waals surface area contributed by atoms with E-state index in [1.54, 1.807) is 0 Å². The Bertz CT molecular complexity index is 313. The average molecular weight is 202 g/mol. The number of benzene rings is 1. The number of nitrogens with one attached hydrogen (secondary N) is 1. The molecule has 1 aliphatic heterocycles. The lowest BCUT2D eigenvalue weighted by Crippen LogP contribution is -2.34. The molecule has 0 aliphatic carbocycles. The lowest BCUT2D eigenvalue weighted by molar-refractivity contribution is 0.258. The van der Waals surface area contributed by atoms with Gasteiger partial charge in [-0.05, 0) is 31.5 Å². The molecule has 0 bridgehead atoms. The topological polar surface area (TPSA) is 27.1 Å². The third-order valence-electron chi connectivity index (χ3n) is 2.95. The zero-order chi connectivity index (χ0) is 10.5. The zero-order valence-corrected chi connectivity index (χ0v) is 9.08. The first kappa shape index (κ1) is 10.4. The molecule has 0 saturated carbocycles. The second-order valence-corrected chi connectivity index (χ2v) is 4.18. The van der Waals surface area contributed by atoms with E-state index in [-0.39, 0.29) is 0 Å². The van der Waals surface area contributed by atoms with Crippen LogP contribution in [0.2, 0.25) is 0 Å². The van der Waals surface area contributed by atoms with Gasteiger partial charge in [0.05, 0.1) is 5.71 Å². The van der Waals surface area contributed by atoms with Gasteiger partial charge in [0.25, 0.3) is 0 Å². The van der Waals surface area contributed by atoms with Gasteiger partial charge in [0.15, 0.2) is 0 Å². The van der Waals surface area contributed by atoms with Crippen molar-refractivity contribution < 1.29 is 0 Å². The molecule has 2 rings (SSSR count). The van der Waals surface area contributed by atoms with Crippen LogP contribution in [0.3, 0.4) is 0 Å². The molecule has 0 amide bonds. The minimum atomic E-state index is 0.748. The second-order valence-electron chi connectivity index (χ2n) is 4.18. The van der Waals surface area contributed by atoms with Gasteiger partial charge in [-0.2, -0.15) is 0 Å². The highest BCUT2D eigenvalue weighted by Gasteiger charge is 2.12. The van der Waals surface area contributed by atoms with Crippen molar-refractivity contribution in [2.24, 2.45) is 0 Å². The highest BCUT2D eigenvalue weighted by Crippen LogP contribution is 2.09. The zero-order valence-electron chi connectivity index (χ0n) is 9.08. The van der Waals surface area contributed by atoms with Gasteiger partial charge < -0.3 is 5.41 Å². The molecule has 1 heterocycles. The van der Waals surface area contributed by atoms with Crippen molar-refractivity contribution >= 4 is 5.71 Å². The molecule has 0 radical (unpaired) electrons. The molecule has 0 aromatic heterocycles. The Labute approximate surface area is 91.4 Å². The normalized spacial score (nSPS) is 17.6. The number of hydrogen-bond acceptors (Lipinski definition) is 2. The minimum Gasteiger partial charge on any atom is -0.303 e. The maximum atomic E-state index is 8.02. The number of nitrogens with zero attached hydrogens (tertiary/aromatic N) is 1. The van der Waals surface area contributed by atoms with Crippen LogP contribution in [0.25, 0.3) is 0 Å². The monoisotopic (exact) mass is 202 g/mol. The van der Waals surface area contributed by atoms with Gasteiger partial charge in [-0.25, -0.2) is 0 Å². The highest BCUT2D eigenvalue weighted by molar-refractivity contribution is 5.99. The van der Waals surface area contributed by atoms with E-state index in [2.05, 4.69) is 4.90 Å². The maximum absolute atomic E-state index is 8.02. The molecule has 1 aromatic carbocycles. The van der Waals surface area contributed by atoms with Crippen LogP contribution in [0.15, 0.2) is 30.3 Å². The fourth-order valence-electron chi connectivity index (χ4n) is 2.07. The van der Waals surface area contributed by atoms with Crippen molar-refractivity contribution in [1.29, 1.82) is 5.41 Å². The standard InChI is InChI=1S/C13H18N2/c14-13(12-7-3-1-4-8-12)11-15-9-5-2-6-10-15/h1,3-4,7-8,14H,2,5-6,9-11H2. The highest BCUT2D eigenvalue weighted by atomic mass is 15.1. The molecule has 1 aromatic rings. The van der Waals surface area contributed by atoms with Crippen LogP contribution in [0.5, 0.6) is 0 Å². The third-order valence-corrected chi connectivity index (χ3v) is 2.95. The summed E-state index contributed by atoms with van der Waals surface area (Å²) in [6.07, 6.45) is 3.94. The summed E-state index contributed by atoms with van der Waals surface area (Å²) in [5.41, 5.74) is 1.81. The van der Waals surface area contributed by atoms with E-state index >= 15 is 0 Å². The third kappa shape index (κ3) is 2.90. The first-order valence-corrected chi connectivity index (χ1v) is 5.71. The van der Waals surface area contributed by atoms with Crippen LogP contribution in [0, 0.1) is 5.41 Å². The molecule has 2 nitrogen and oxygen atoms in total. The quantitative estimate of drug-likeness (QED) is 0.749. The van der Waals surface area contributed by atoms with Crippen LogP contribution < -0.4 is 0 Å². The van der Waals surface area contributed by atoms with Gasteiger partial charge in [-0.3, -0.25) is 4.90 Å². The molecule has 0 atom stereocenters. The maximum Gasteiger partial charge on any atom is 0.0526 e. The molecule has 1 aliphatic rings. The van der Waals surface area contributed by atoms with Crippen molar-refractivity contribution in [1.82, 2.24) is 4.90 Å². The van der Waals surface area contributed by atoms with Gasteiger partial charge in [-0.15, -0.1) is 0 Å². The smallest absolute Gasteiger partial charge is 0.0526 e. The van der Waals surface area contributed by atoms with Gasteiger partial charge in [0, 0.05) is 6.54 Å². The minimum absolute atomic E-state index is 0.748. The lowest BCUT2D eigenvalue weighted by Gasteiger charge is -2.26. The molecule has 1 N–H and O–H groups in total. The summed E-state index contributed by atoms with van der Waals surface area (Å²) < 4.78 is 0. The Morgan fingerprint density at radius 3 is 2.40 bits per heavy atom. The number of likely N-dealkylation sites (tertiary alicyclic amines) is 1. The molecule has 1 saturated heterocycles. The van der Waals surface area contributed by atoms with Crippen LogP contribution in [0.1, 0.15) is 24.8 Å². The molecule has 2 heteroatoms. The Kier molecular flexibility index (Phi) is 3.51. The lowest BCUT2D eigenvalue weighted by atomic mass is 10.1. The van der Waals surface area contributed by atoms with E-state index in [1.807, 2.05) is 30.3 Å². The Morgan fingerprint density at radius 2 is 1.73 bits per heavy atom. The SMILES string of the molecule is N=C(CN1CCCCC1)c1ccccc1. The van der Waals surface area contributed by atoms with Gasteiger partial charge in [-0.1, -0.05) is 36.8 Å². The summed E-state index contributed by atoms with van der Waals surface area (Å²) in [6.45, 7) is 3.13. The van der Waals surface area contributed by atoms with E-state index in [9.17, 15) is 0 Å². The van der Waals surface area contributed by atoms with Crippen molar-refractivity contribution in [2.75, 3.05) is 19.6 Å². The van der Waals surface area contributed by atoms with Crippen LogP contribution in [-0.2, 0) is 0 Å². The van der Waals surface area contributed by atoms with E-state index < -0.39 is 0 Å². The van der Waals surface area contributed by atoms with Gasteiger partial charge >= 0.3 is 0 Å². The molecule has 80 valence electrons. The average Bonchev–Trinajstić information content (AvgIpc) is 2.31.